The number of nitrogens with zero attached hydrogens (tertiary/aromatic N) is 1. The molecule has 0 N–H and O–H groups in total. The van der Waals surface area contributed by atoms with E-state index in [1.807, 2.05) is 0 Å². The van der Waals surface area contributed by atoms with Gasteiger partial charge in [-0.3, -0.25) is 9.59 Å². The van der Waals surface area contributed by atoms with Gasteiger partial charge in [-0.15, -0.1) is 0 Å². The average Bonchev–Trinajstić information content (AvgIpc) is 2.78. The second-order valence-corrected chi connectivity index (χ2v) is 5.93. The SMILES string of the molecule is CCOC(=O)C[C@H]([C@H](OC)C(=O)N(C)C)[C@H]1COC(C)(C)O1. The van der Waals surface area contributed by atoms with Crippen molar-refractivity contribution in [1.29, 1.82) is 0 Å². The van der Waals surface area contributed by atoms with Crippen LogP contribution >= 0.6 is 0 Å². The lowest BCUT2D eigenvalue weighted by Crippen LogP contribution is -2.46. The molecule has 0 aromatic heterocycles. The van der Waals surface area contributed by atoms with E-state index < -0.39 is 23.9 Å². The number of hydrogen-bond donors (Lipinski definition) is 0. The number of ether oxygens (including phenoxy) is 4. The van der Waals surface area contributed by atoms with Crippen LogP contribution in [0, 0.1) is 5.92 Å². The van der Waals surface area contributed by atoms with E-state index in [0.29, 0.717) is 13.2 Å². The van der Waals surface area contributed by atoms with Gasteiger partial charge in [0.15, 0.2) is 5.79 Å². The molecule has 1 aliphatic rings. The van der Waals surface area contributed by atoms with Crippen molar-refractivity contribution in [1.82, 2.24) is 4.90 Å². The van der Waals surface area contributed by atoms with Gasteiger partial charge in [0.1, 0.15) is 6.10 Å². The molecule has 0 aromatic rings. The third kappa shape index (κ3) is 4.93. The Balaban J connectivity index is 2.94. The highest BCUT2D eigenvalue weighted by Gasteiger charge is 2.44. The summed E-state index contributed by atoms with van der Waals surface area (Å²) < 4.78 is 21.7. The Kier molecular flexibility index (Phi) is 6.77. The average molecular weight is 317 g/mol. The summed E-state index contributed by atoms with van der Waals surface area (Å²) in [4.78, 5) is 25.6. The third-order valence-corrected chi connectivity index (χ3v) is 3.54. The predicted octanol–water partition coefficient (Wildman–Crippen LogP) is 0.811. The number of amides is 1. The van der Waals surface area contributed by atoms with Gasteiger partial charge in [0.2, 0.25) is 0 Å². The molecule has 1 saturated heterocycles. The molecule has 1 heterocycles. The number of likely N-dealkylation sites (N-methyl/N-ethyl adjacent to an activating group) is 1. The number of hydrogen-bond acceptors (Lipinski definition) is 6. The van der Waals surface area contributed by atoms with Crippen LogP contribution in [0.25, 0.3) is 0 Å². The first-order valence-corrected chi connectivity index (χ1v) is 7.43. The van der Waals surface area contributed by atoms with Crippen molar-refractivity contribution in [2.75, 3.05) is 34.4 Å². The number of carbonyl (C=O) groups excluding carboxylic acids is 2. The maximum atomic E-state index is 12.3. The van der Waals surface area contributed by atoms with Gasteiger partial charge in [0, 0.05) is 27.1 Å². The summed E-state index contributed by atoms with van der Waals surface area (Å²) in [6.45, 7) is 5.92. The Morgan fingerprint density at radius 2 is 2.00 bits per heavy atom. The van der Waals surface area contributed by atoms with Gasteiger partial charge < -0.3 is 23.8 Å². The quantitative estimate of drug-likeness (QED) is 0.647. The zero-order valence-electron chi connectivity index (χ0n) is 14.3. The standard InChI is InChI=1S/C15H27NO6/c1-7-20-12(17)8-10(11-9-21-15(2,3)22-11)13(19-6)14(18)16(4)5/h10-11,13H,7-9H2,1-6H3/t10-,11+,13-/m0/s1. The lowest BCUT2D eigenvalue weighted by atomic mass is 9.91. The van der Waals surface area contributed by atoms with E-state index in [1.165, 1.54) is 12.0 Å². The summed E-state index contributed by atoms with van der Waals surface area (Å²) in [6.07, 6.45) is -1.16. The molecule has 0 aromatic carbocycles. The van der Waals surface area contributed by atoms with Gasteiger partial charge in [-0.25, -0.2) is 0 Å². The molecule has 0 spiro atoms. The van der Waals surface area contributed by atoms with E-state index >= 15 is 0 Å². The summed E-state index contributed by atoms with van der Waals surface area (Å²) in [5.41, 5.74) is 0. The summed E-state index contributed by atoms with van der Waals surface area (Å²) in [5.74, 6) is -1.81. The van der Waals surface area contributed by atoms with Gasteiger partial charge >= 0.3 is 5.97 Å². The van der Waals surface area contributed by atoms with Crippen LogP contribution in [0.5, 0.6) is 0 Å². The molecule has 128 valence electrons. The summed E-state index contributed by atoms with van der Waals surface area (Å²) in [7, 11) is 4.74. The zero-order chi connectivity index (χ0) is 16.9. The molecule has 3 atom stereocenters. The molecular formula is C15H27NO6. The lowest BCUT2D eigenvalue weighted by Gasteiger charge is -2.30. The summed E-state index contributed by atoms with van der Waals surface area (Å²) in [5, 5.41) is 0. The van der Waals surface area contributed by atoms with Crippen molar-refractivity contribution in [3.8, 4) is 0 Å². The van der Waals surface area contributed by atoms with E-state index in [4.69, 9.17) is 18.9 Å². The molecule has 7 nitrogen and oxygen atoms in total. The molecule has 22 heavy (non-hydrogen) atoms. The largest absolute Gasteiger partial charge is 0.466 e. The Bertz CT molecular complexity index is 395. The number of rotatable bonds is 7. The first-order valence-electron chi connectivity index (χ1n) is 7.43. The second kappa shape index (κ2) is 7.89. The smallest absolute Gasteiger partial charge is 0.306 e. The van der Waals surface area contributed by atoms with E-state index in [-0.39, 0.29) is 18.3 Å². The van der Waals surface area contributed by atoms with Crippen LogP contribution in [0.3, 0.4) is 0 Å². The van der Waals surface area contributed by atoms with Crippen LogP contribution in [0.2, 0.25) is 0 Å². The first kappa shape index (κ1) is 18.9. The van der Waals surface area contributed by atoms with Crippen molar-refractivity contribution in [2.45, 2.75) is 45.2 Å². The minimum Gasteiger partial charge on any atom is -0.466 e. The maximum Gasteiger partial charge on any atom is 0.306 e. The Morgan fingerprint density at radius 3 is 2.41 bits per heavy atom. The highest BCUT2D eigenvalue weighted by atomic mass is 16.7. The molecule has 7 heteroatoms. The molecule has 0 saturated carbocycles. The van der Waals surface area contributed by atoms with E-state index in [9.17, 15) is 9.59 Å². The van der Waals surface area contributed by atoms with E-state index in [1.54, 1.807) is 34.9 Å². The third-order valence-electron chi connectivity index (χ3n) is 3.54. The van der Waals surface area contributed by atoms with Crippen molar-refractivity contribution in [2.24, 2.45) is 5.92 Å². The first-order chi connectivity index (χ1) is 10.2. The normalized spacial score (nSPS) is 22.9. The van der Waals surface area contributed by atoms with E-state index in [2.05, 4.69) is 0 Å². The molecular weight excluding hydrogens is 290 g/mol. The van der Waals surface area contributed by atoms with Crippen LogP contribution in [-0.4, -0.2) is 69.2 Å². The van der Waals surface area contributed by atoms with Crippen molar-refractivity contribution < 1.29 is 28.5 Å². The van der Waals surface area contributed by atoms with Gasteiger partial charge in [-0.1, -0.05) is 0 Å². The monoisotopic (exact) mass is 317 g/mol. The molecule has 1 amide bonds. The Hall–Kier alpha value is -1.18. The molecule has 1 fully saturated rings. The summed E-state index contributed by atoms with van der Waals surface area (Å²) >= 11 is 0. The molecule has 0 bridgehead atoms. The van der Waals surface area contributed by atoms with Crippen LogP contribution < -0.4 is 0 Å². The Labute approximate surface area is 131 Å². The van der Waals surface area contributed by atoms with Crippen LogP contribution in [0.1, 0.15) is 27.2 Å². The van der Waals surface area contributed by atoms with Crippen LogP contribution in [0.4, 0.5) is 0 Å². The van der Waals surface area contributed by atoms with Gasteiger partial charge in [0.05, 0.1) is 25.7 Å². The number of methoxy groups -OCH3 is 1. The molecule has 1 aliphatic heterocycles. The molecule has 0 unspecified atom stereocenters. The van der Waals surface area contributed by atoms with Crippen LogP contribution in [-0.2, 0) is 28.5 Å². The van der Waals surface area contributed by atoms with Gasteiger partial charge in [-0.2, -0.15) is 0 Å². The van der Waals surface area contributed by atoms with Crippen molar-refractivity contribution in [3.63, 3.8) is 0 Å². The van der Waals surface area contributed by atoms with Crippen molar-refractivity contribution >= 4 is 11.9 Å². The highest BCUT2D eigenvalue weighted by Crippen LogP contribution is 2.31. The lowest BCUT2D eigenvalue weighted by molar-refractivity contribution is -0.166. The molecule has 0 radical (unpaired) electrons. The minimum absolute atomic E-state index is 0.0377. The highest BCUT2D eigenvalue weighted by molar-refractivity contribution is 5.82. The number of esters is 1. The molecule has 0 aliphatic carbocycles. The topological polar surface area (TPSA) is 74.3 Å². The fourth-order valence-electron chi connectivity index (χ4n) is 2.49. The predicted molar refractivity (Wildman–Crippen MR) is 79.1 cm³/mol. The fourth-order valence-corrected chi connectivity index (χ4v) is 2.49. The molecule has 1 rings (SSSR count). The fraction of sp³-hybridized carbons (Fsp3) is 0.867. The van der Waals surface area contributed by atoms with Crippen molar-refractivity contribution in [3.05, 3.63) is 0 Å². The van der Waals surface area contributed by atoms with Crippen LogP contribution in [0.15, 0.2) is 0 Å². The second-order valence-electron chi connectivity index (χ2n) is 5.93. The zero-order valence-corrected chi connectivity index (χ0v) is 14.3. The van der Waals surface area contributed by atoms with Gasteiger partial charge in [0.25, 0.3) is 5.91 Å². The van der Waals surface area contributed by atoms with Gasteiger partial charge in [-0.05, 0) is 20.8 Å². The Morgan fingerprint density at radius 1 is 1.36 bits per heavy atom. The number of carbonyl (C=O) groups is 2. The summed E-state index contributed by atoms with van der Waals surface area (Å²) in [6, 6.07) is 0. The minimum atomic E-state index is -0.790. The van der Waals surface area contributed by atoms with E-state index in [0.717, 1.165) is 0 Å². The maximum absolute atomic E-state index is 12.3.